The molecular weight excluding hydrogens is 262 g/mol. The molecule has 100 valence electrons. The van der Waals surface area contributed by atoms with E-state index in [9.17, 15) is 0 Å². The number of nitrogens with one attached hydrogen (secondary N) is 1. The number of hydrogen-bond donors (Lipinski definition) is 1. The summed E-state index contributed by atoms with van der Waals surface area (Å²) in [7, 11) is 1.82. The number of rotatable bonds is 5. The van der Waals surface area contributed by atoms with Gasteiger partial charge in [-0.05, 0) is 17.7 Å². The minimum Gasteiger partial charge on any atom is -0.473 e. The highest BCUT2D eigenvalue weighted by atomic mass is 35.5. The van der Waals surface area contributed by atoms with E-state index in [0.29, 0.717) is 12.5 Å². The van der Waals surface area contributed by atoms with Crippen LogP contribution in [0, 0.1) is 0 Å². The van der Waals surface area contributed by atoms with Crippen LogP contribution in [0.15, 0.2) is 30.3 Å². The Kier molecular flexibility index (Phi) is 4.58. The summed E-state index contributed by atoms with van der Waals surface area (Å²) in [6, 6.07) is 9.34. The van der Waals surface area contributed by atoms with Crippen molar-refractivity contribution in [2.75, 3.05) is 12.4 Å². The maximum atomic E-state index is 5.84. The van der Waals surface area contributed by atoms with Gasteiger partial charge in [0.05, 0.1) is 0 Å². The molecule has 1 N–H and O–H groups in total. The molecule has 0 saturated carbocycles. The maximum absolute atomic E-state index is 5.84. The van der Waals surface area contributed by atoms with Crippen LogP contribution in [0.4, 0.5) is 5.82 Å². The lowest BCUT2D eigenvalue weighted by atomic mass is 10.2. The van der Waals surface area contributed by atoms with E-state index >= 15 is 0 Å². The molecule has 2 rings (SSSR count). The molecule has 1 aromatic heterocycles. The number of ether oxygens (including phenoxy) is 1. The summed E-state index contributed by atoms with van der Waals surface area (Å²) < 4.78 is 5.68. The monoisotopic (exact) mass is 277 g/mol. The van der Waals surface area contributed by atoms with Crippen LogP contribution < -0.4 is 10.1 Å². The number of anilines is 1. The highest BCUT2D eigenvalue weighted by Gasteiger charge is 2.04. The standard InChI is InChI=1S/C14H16ClN3O/c1-3-12-17-13(16-2)8-14(18-12)19-9-10-4-6-11(15)7-5-10/h4-8H,3,9H2,1-2H3,(H,16,17,18). The smallest absolute Gasteiger partial charge is 0.219 e. The molecule has 4 nitrogen and oxygen atoms in total. The van der Waals surface area contributed by atoms with Crippen molar-refractivity contribution >= 4 is 17.4 Å². The van der Waals surface area contributed by atoms with Crippen LogP contribution >= 0.6 is 11.6 Å². The lowest BCUT2D eigenvalue weighted by Crippen LogP contribution is -2.03. The largest absolute Gasteiger partial charge is 0.473 e. The molecule has 0 aliphatic heterocycles. The number of halogens is 1. The molecule has 0 aliphatic carbocycles. The minimum absolute atomic E-state index is 0.459. The van der Waals surface area contributed by atoms with Crippen molar-refractivity contribution in [3.05, 3.63) is 46.7 Å². The van der Waals surface area contributed by atoms with E-state index in [4.69, 9.17) is 16.3 Å². The van der Waals surface area contributed by atoms with Crippen LogP contribution in [0.1, 0.15) is 18.3 Å². The third kappa shape index (κ3) is 3.83. The van der Waals surface area contributed by atoms with E-state index in [2.05, 4.69) is 15.3 Å². The molecule has 2 aromatic rings. The van der Waals surface area contributed by atoms with Gasteiger partial charge >= 0.3 is 0 Å². The Balaban J connectivity index is 2.08. The molecule has 1 heterocycles. The van der Waals surface area contributed by atoms with Gasteiger partial charge in [-0.2, -0.15) is 4.98 Å². The van der Waals surface area contributed by atoms with Gasteiger partial charge in [0.1, 0.15) is 18.2 Å². The van der Waals surface area contributed by atoms with E-state index in [0.717, 1.165) is 28.6 Å². The fourth-order valence-corrected chi connectivity index (χ4v) is 1.70. The van der Waals surface area contributed by atoms with Crippen LogP contribution in [-0.4, -0.2) is 17.0 Å². The molecule has 0 aliphatic rings. The first-order chi connectivity index (χ1) is 9.21. The highest BCUT2D eigenvalue weighted by Crippen LogP contribution is 2.16. The lowest BCUT2D eigenvalue weighted by Gasteiger charge is -2.08. The van der Waals surface area contributed by atoms with Gasteiger partial charge in [-0.1, -0.05) is 30.7 Å². The zero-order chi connectivity index (χ0) is 13.7. The second-order valence-corrected chi connectivity index (χ2v) is 4.46. The molecule has 0 bridgehead atoms. The van der Waals surface area contributed by atoms with Gasteiger partial charge in [0.2, 0.25) is 5.88 Å². The third-order valence-electron chi connectivity index (χ3n) is 2.62. The Morgan fingerprint density at radius 1 is 1.21 bits per heavy atom. The van der Waals surface area contributed by atoms with E-state index in [1.807, 2.05) is 38.2 Å². The van der Waals surface area contributed by atoms with Crippen molar-refractivity contribution in [1.29, 1.82) is 0 Å². The SMILES string of the molecule is CCc1nc(NC)cc(OCc2ccc(Cl)cc2)n1. The van der Waals surface area contributed by atoms with E-state index in [-0.39, 0.29) is 0 Å². The Labute approximate surface area is 117 Å². The molecule has 0 atom stereocenters. The summed E-state index contributed by atoms with van der Waals surface area (Å²) >= 11 is 5.84. The molecule has 0 fully saturated rings. The Hall–Kier alpha value is -1.81. The van der Waals surface area contributed by atoms with Crippen LogP contribution in [0.2, 0.25) is 5.02 Å². The lowest BCUT2D eigenvalue weighted by molar-refractivity contribution is 0.292. The first kappa shape index (κ1) is 13.6. The first-order valence-corrected chi connectivity index (χ1v) is 6.52. The molecule has 5 heteroatoms. The van der Waals surface area contributed by atoms with Gasteiger partial charge in [0.15, 0.2) is 0 Å². The van der Waals surface area contributed by atoms with Crippen LogP contribution in [-0.2, 0) is 13.0 Å². The zero-order valence-electron chi connectivity index (χ0n) is 11.0. The fourth-order valence-electron chi connectivity index (χ4n) is 1.57. The van der Waals surface area contributed by atoms with Crippen molar-refractivity contribution in [2.45, 2.75) is 20.0 Å². The fraction of sp³-hybridized carbons (Fsp3) is 0.286. The van der Waals surface area contributed by atoms with Gasteiger partial charge in [0.25, 0.3) is 0 Å². The summed E-state index contributed by atoms with van der Waals surface area (Å²) in [5.41, 5.74) is 1.05. The normalized spacial score (nSPS) is 10.3. The molecule has 0 amide bonds. The minimum atomic E-state index is 0.459. The molecule has 0 radical (unpaired) electrons. The van der Waals surface area contributed by atoms with Crippen molar-refractivity contribution in [3.63, 3.8) is 0 Å². The number of hydrogen-bond acceptors (Lipinski definition) is 4. The van der Waals surface area contributed by atoms with E-state index in [1.165, 1.54) is 0 Å². The maximum Gasteiger partial charge on any atom is 0.219 e. The van der Waals surface area contributed by atoms with Crippen LogP contribution in [0.3, 0.4) is 0 Å². The van der Waals surface area contributed by atoms with Crippen LogP contribution in [0.5, 0.6) is 5.88 Å². The molecule has 19 heavy (non-hydrogen) atoms. The van der Waals surface area contributed by atoms with Gasteiger partial charge < -0.3 is 10.1 Å². The number of nitrogens with zero attached hydrogens (tertiary/aromatic N) is 2. The van der Waals surface area contributed by atoms with Crippen molar-refractivity contribution in [1.82, 2.24) is 9.97 Å². The summed E-state index contributed by atoms with van der Waals surface area (Å²) in [5, 5.41) is 3.72. The molecule has 1 aromatic carbocycles. The number of benzene rings is 1. The van der Waals surface area contributed by atoms with Crippen molar-refractivity contribution in [3.8, 4) is 5.88 Å². The van der Waals surface area contributed by atoms with Gasteiger partial charge in [-0.15, -0.1) is 0 Å². The highest BCUT2D eigenvalue weighted by molar-refractivity contribution is 6.30. The topological polar surface area (TPSA) is 47.0 Å². The Morgan fingerprint density at radius 3 is 2.58 bits per heavy atom. The number of aryl methyl sites for hydroxylation is 1. The predicted molar refractivity (Wildman–Crippen MR) is 76.7 cm³/mol. The summed E-state index contributed by atoms with van der Waals surface area (Å²) in [6.45, 7) is 2.47. The van der Waals surface area contributed by atoms with Crippen molar-refractivity contribution < 1.29 is 4.74 Å². The summed E-state index contributed by atoms with van der Waals surface area (Å²) in [4.78, 5) is 8.65. The predicted octanol–water partition coefficient (Wildman–Crippen LogP) is 3.31. The molecule has 0 saturated heterocycles. The number of aromatic nitrogens is 2. The average molecular weight is 278 g/mol. The first-order valence-electron chi connectivity index (χ1n) is 6.14. The van der Waals surface area contributed by atoms with E-state index < -0.39 is 0 Å². The summed E-state index contributed by atoms with van der Waals surface area (Å²) in [6.07, 6.45) is 0.771. The summed E-state index contributed by atoms with van der Waals surface area (Å²) in [5.74, 6) is 2.10. The Bertz CT molecular complexity index is 521. The zero-order valence-corrected chi connectivity index (χ0v) is 11.7. The quantitative estimate of drug-likeness (QED) is 0.911. The Morgan fingerprint density at radius 2 is 1.95 bits per heavy atom. The van der Waals surface area contributed by atoms with Gasteiger partial charge in [0, 0.05) is 24.6 Å². The molecule has 0 spiro atoms. The van der Waals surface area contributed by atoms with Crippen LogP contribution in [0.25, 0.3) is 0 Å². The molecular formula is C14H16ClN3O. The van der Waals surface area contributed by atoms with Gasteiger partial charge in [-0.25, -0.2) is 4.98 Å². The second-order valence-electron chi connectivity index (χ2n) is 4.03. The average Bonchev–Trinajstić information content (AvgIpc) is 2.46. The third-order valence-corrected chi connectivity index (χ3v) is 2.87. The van der Waals surface area contributed by atoms with Gasteiger partial charge in [-0.3, -0.25) is 0 Å². The molecule has 0 unspecified atom stereocenters. The van der Waals surface area contributed by atoms with E-state index in [1.54, 1.807) is 6.07 Å². The second kappa shape index (κ2) is 6.38. The van der Waals surface area contributed by atoms with Crippen molar-refractivity contribution in [2.24, 2.45) is 0 Å².